The van der Waals surface area contributed by atoms with E-state index >= 15 is 0 Å². The molecule has 3 aromatic rings. The third kappa shape index (κ3) is 18.2. The molecule has 0 unspecified atom stereocenters. The normalized spacial score (nSPS) is 10.8. The lowest BCUT2D eigenvalue weighted by Gasteiger charge is -2.09. The van der Waals surface area contributed by atoms with Crippen LogP contribution in [0.15, 0.2) is 72.8 Å². The number of hydrogen-bond acceptors (Lipinski definition) is 3. The van der Waals surface area contributed by atoms with Crippen LogP contribution in [0.25, 0.3) is 11.1 Å². The van der Waals surface area contributed by atoms with Crippen LogP contribution in [0, 0.1) is 11.8 Å². The summed E-state index contributed by atoms with van der Waals surface area (Å²) in [6, 6.07) is 25.2. The van der Waals surface area contributed by atoms with Crippen LogP contribution in [0.3, 0.4) is 0 Å². The standard InChI is InChI=1S/C45H64O3/c1-3-5-7-9-16-20-24-40-25-31-43(32-26-40)46-38-22-18-14-12-10-11-13-15-19-23-39-48-45-35-29-42(30-36-45)41-27-33-44(34-28-41)47-37-21-17-8-6-4-2/h25-36H,3-19,21-23,37-39H2,1-2H3. The van der Waals surface area contributed by atoms with Crippen molar-refractivity contribution in [3.63, 3.8) is 0 Å². The zero-order valence-corrected chi connectivity index (χ0v) is 30.4. The molecule has 0 heterocycles. The molecule has 0 aromatic heterocycles. The first-order chi connectivity index (χ1) is 23.8. The van der Waals surface area contributed by atoms with E-state index in [1.54, 1.807) is 0 Å². The monoisotopic (exact) mass is 652 g/mol. The van der Waals surface area contributed by atoms with E-state index in [2.05, 4.69) is 98.5 Å². The minimum Gasteiger partial charge on any atom is -0.494 e. The molecular weight excluding hydrogens is 588 g/mol. The highest BCUT2D eigenvalue weighted by Crippen LogP contribution is 2.25. The molecule has 0 spiro atoms. The van der Waals surface area contributed by atoms with E-state index in [4.69, 9.17) is 14.2 Å². The SMILES string of the molecule is CCCCCCC#Cc1ccc(OCCCCCCCCCCCCOc2ccc(-c3ccc(OCCCCCCC)cc3)cc2)cc1. The smallest absolute Gasteiger partial charge is 0.119 e. The minimum atomic E-state index is 0.795. The highest BCUT2D eigenvalue weighted by Gasteiger charge is 2.02. The lowest BCUT2D eigenvalue weighted by molar-refractivity contribution is 0.303. The molecule has 48 heavy (non-hydrogen) atoms. The molecule has 0 saturated heterocycles. The Morgan fingerprint density at radius 3 is 1.10 bits per heavy atom. The van der Waals surface area contributed by atoms with E-state index < -0.39 is 0 Å². The maximum atomic E-state index is 6.01. The topological polar surface area (TPSA) is 27.7 Å². The van der Waals surface area contributed by atoms with Gasteiger partial charge in [0.25, 0.3) is 0 Å². The molecule has 3 aromatic carbocycles. The van der Waals surface area contributed by atoms with Crippen molar-refractivity contribution in [2.45, 2.75) is 142 Å². The number of ether oxygens (including phenoxy) is 3. The van der Waals surface area contributed by atoms with Crippen molar-refractivity contribution in [1.82, 2.24) is 0 Å². The Labute approximate surface area is 294 Å². The Morgan fingerprint density at radius 1 is 0.375 bits per heavy atom. The number of benzene rings is 3. The molecule has 262 valence electrons. The Hall–Kier alpha value is -3.38. The zero-order chi connectivity index (χ0) is 33.7. The fraction of sp³-hybridized carbons (Fsp3) is 0.556. The molecule has 0 atom stereocenters. The van der Waals surface area contributed by atoms with E-state index in [1.807, 2.05) is 0 Å². The van der Waals surface area contributed by atoms with Crippen molar-refractivity contribution in [1.29, 1.82) is 0 Å². The summed E-state index contributed by atoms with van der Waals surface area (Å²) in [5.74, 6) is 9.44. The molecule has 0 fully saturated rings. The van der Waals surface area contributed by atoms with Crippen LogP contribution in [-0.4, -0.2) is 19.8 Å². The molecule has 3 heteroatoms. The summed E-state index contributed by atoms with van der Waals surface area (Å²) in [4.78, 5) is 0. The summed E-state index contributed by atoms with van der Waals surface area (Å²) >= 11 is 0. The van der Waals surface area contributed by atoms with Crippen LogP contribution >= 0.6 is 0 Å². The van der Waals surface area contributed by atoms with Crippen molar-refractivity contribution in [2.75, 3.05) is 19.8 Å². The molecule has 0 aliphatic rings. The van der Waals surface area contributed by atoms with Gasteiger partial charge >= 0.3 is 0 Å². The van der Waals surface area contributed by atoms with Gasteiger partial charge in [0.2, 0.25) is 0 Å². The van der Waals surface area contributed by atoms with Crippen LogP contribution in [-0.2, 0) is 0 Å². The Bertz CT molecular complexity index is 1230. The van der Waals surface area contributed by atoms with Crippen LogP contribution < -0.4 is 14.2 Å². The van der Waals surface area contributed by atoms with Gasteiger partial charge in [0, 0.05) is 12.0 Å². The van der Waals surface area contributed by atoms with E-state index in [0.717, 1.165) is 68.3 Å². The Morgan fingerprint density at radius 2 is 0.708 bits per heavy atom. The molecule has 0 amide bonds. The molecule has 0 saturated carbocycles. The average molecular weight is 653 g/mol. The Balaban J connectivity index is 1.11. The quantitative estimate of drug-likeness (QED) is 0.0606. The summed E-state index contributed by atoms with van der Waals surface area (Å²) in [5, 5.41) is 0. The second-order valence-corrected chi connectivity index (χ2v) is 13.2. The fourth-order valence-electron chi connectivity index (χ4n) is 5.82. The minimum absolute atomic E-state index is 0.795. The van der Waals surface area contributed by atoms with E-state index in [1.165, 1.54) is 114 Å². The first-order valence-corrected chi connectivity index (χ1v) is 19.5. The van der Waals surface area contributed by atoms with Gasteiger partial charge < -0.3 is 14.2 Å². The number of hydrogen-bond donors (Lipinski definition) is 0. The highest BCUT2D eigenvalue weighted by molar-refractivity contribution is 5.64. The van der Waals surface area contributed by atoms with Crippen molar-refractivity contribution in [3.05, 3.63) is 78.4 Å². The average Bonchev–Trinajstić information content (AvgIpc) is 3.12. The van der Waals surface area contributed by atoms with E-state index in [9.17, 15) is 0 Å². The molecule has 0 bridgehead atoms. The summed E-state index contributed by atoms with van der Waals surface area (Å²) < 4.78 is 17.9. The van der Waals surface area contributed by atoms with Crippen LogP contribution in [0.4, 0.5) is 0 Å². The molecule has 0 radical (unpaired) electrons. The van der Waals surface area contributed by atoms with Gasteiger partial charge in [-0.25, -0.2) is 0 Å². The largest absolute Gasteiger partial charge is 0.494 e. The highest BCUT2D eigenvalue weighted by atomic mass is 16.5. The summed E-state index contributed by atoms with van der Waals surface area (Å²) in [7, 11) is 0. The third-order valence-corrected chi connectivity index (χ3v) is 8.88. The second-order valence-electron chi connectivity index (χ2n) is 13.2. The van der Waals surface area contributed by atoms with Crippen molar-refractivity contribution < 1.29 is 14.2 Å². The Kier molecular flexibility index (Phi) is 21.6. The molecule has 3 rings (SSSR count). The summed E-state index contributed by atoms with van der Waals surface area (Å²) in [6.45, 7) is 6.89. The maximum absolute atomic E-state index is 6.01. The molecule has 0 aliphatic carbocycles. The van der Waals surface area contributed by atoms with Crippen LogP contribution in [0.2, 0.25) is 0 Å². The van der Waals surface area contributed by atoms with Crippen LogP contribution in [0.1, 0.15) is 148 Å². The lowest BCUT2D eigenvalue weighted by atomic mass is 10.1. The van der Waals surface area contributed by atoms with E-state index in [0.29, 0.717) is 0 Å². The van der Waals surface area contributed by atoms with Crippen molar-refractivity contribution >= 4 is 0 Å². The van der Waals surface area contributed by atoms with Gasteiger partial charge in [-0.2, -0.15) is 0 Å². The van der Waals surface area contributed by atoms with Gasteiger partial charge in [0.15, 0.2) is 0 Å². The summed E-state index contributed by atoms with van der Waals surface area (Å²) in [6.07, 6.45) is 25.1. The number of rotatable bonds is 27. The van der Waals surface area contributed by atoms with Gasteiger partial charge in [0.05, 0.1) is 19.8 Å². The first kappa shape index (κ1) is 39.1. The number of unbranched alkanes of at least 4 members (excludes halogenated alkanes) is 17. The third-order valence-electron chi connectivity index (χ3n) is 8.88. The maximum Gasteiger partial charge on any atom is 0.119 e. The molecule has 0 N–H and O–H groups in total. The fourth-order valence-corrected chi connectivity index (χ4v) is 5.82. The summed E-state index contributed by atoms with van der Waals surface area (Å²) in [5.41, 5.74) is 3.49. The first-order valence-electron chi connectivity index (χ1n) is 19.5. The van der Waals surface area contributed by atoms with Gasteiger partial charge in [-0.15, -0.1) is 0 Å². The molecule has 3 nitrogen and oxygen atoms in total. The van der Waals surface area contributed by atoms with E-state index in [-0.39, 0.29) is 0 Å². The predicted octanol–water partition coefficient (Wildman–Crippen LogP) is 13.4. The van der Waals surface area contributed by atoms with Crippen LogP contribution in [0.5, 0.6) is 17.2 Å². The second kappa shape index (κ2) is 26.6. The van der Waals surface area contributed by atoms with Gasteiger partial charge in [0.1, 0.15) is 17.2 Å². The van der Waals surface area contributed by atoms with Gasteiger partial charge in [-0.05, 0) is 85.3 Å². The molecule has 0 aliphatic heterocycles. The molecular formula is C45H64O3. The zero-order valence-electron chi connectivity index (χ0n) is 30.4. The van der Waals surface area contributed by atoms with Gasteiger partial charge in [-0.3, -0.25) is 0 Å². The predicted molar refractivity (Wildman–Crippen MR) is 205 cm³/mol. The van der Waals surface area contributed by atoms with Gasteiger partial charge in [-0.1, -0.05) is 146 Å². The van der Waals surface area contributed by atoms with Crippen molar-refractivity contribution in [3.8, 4) is 40.2 Å². The lowest BCUT2D eigenvalue weighted by Crippen LogP contribution is -1.97. The van der Waals surface area contributed by atoms with Crippen molar-refractivity contribution in [2.24, 2.45) is 0 Å².